The molecule has 0 spiro atoms. The van der Waals surface area contributed by atoms with Crippen molar-refractivity contribution in [3.63, 3.8) is 0 Å². The van der Waals surface area contributed by atoms with Gasteiger partial charge in [-0.25, -0.2) is 0 Å². The first-order chi connectivity index (χ1) is 10.3. The molecule has 3 heteroatoms. The number of benzene rings is 2. The summed E-state index contributed by atoms with van der Waals surface area (Å²) in [7, 11) is 0. The van der Waals surface area contributed by atoms with Gasteiger partial charge >= 0.3 is 0 Å². The van der Waals surface area contributed by atoms with E-state index in [1.54, 1.807) is 0 Å². The highest BCUT2D eigenvalue weighted by atomic mass is 79.9. The molecule has 2 nitrogen and oxygen atoms in total. The number of para-hydroxylation sites is 1. The molecule has 2 aromatic rings. The molecule has 0 saturated heterocycles. The lowest BCUT2D eigenvalue weighted by Crippen LogP contribution is -2.29. The lowest BCUT2D eigenvalue weighted by Gasteiger charge is -2.33. The number of fused-ring (bicyclic) bond motifs is 1. The van der Waals surface area contributed by atoms with E-state index >= 15 is 0 Å². The van der Waals surface area contributed by atoms with Gasteiger partial charge in [0, 0.05) is 28.1 Å². The summed E-state index contributed by atoms with van der Waals surface area (Å²) in [4.78, 5) is 0. The molecule has 0 saturated carbocycles. The maximum Gasteiger partial charge on any atom is 0.127 e. The van der Waals surface area contributed by atoms with E-state index in [1.807, 2.05) is 12.1 Å². The first-order valence-corrected chi connectivity index (χ1v) is 8.32. The summed E-state index contributed by atoms with van der Waals surface area (Å²) in [6, 6.07) is 17.0. The molecule has 110 valence electrons. The minimum absolute atomic E-state index is 0.0878. The molecule has 0 amide bonds. The van der Waals surface area contributed by atoms with E-state index in [2.05, 4.69) is 64.6 Å². The molecule has 1 aliphatic rings. The minimum atomic E-state index is 0.0878. The fourth-order valence-electron chi connectivity index (χ4n) is 2.86. The van der Waals surface area contributed by atoms with Crippen molar-refractivity contribution in [2.75, 3.05) is 6.54 Å². The van der Waals surface area contributed by atoms with Crippen molar-refractivity contribution in [2.24, 2.45) is 0 Å². The molecule has 1 aliphatic heterocycles. The van der Waals surface area contributed by atoms with E-state index in [0.29, 0.717) is 6.04 Å². The van der Waals surface area contributed by atoms with Crippen LogP contribution in [0, 0.1) is 0 Å². The predicted octanol–water partition coefficient (Wildman–Crippen LogP) is 5.01. The van der Waals surface area contributed by atoms with Gasteiger partial charge in [0.2, 0.25) is 0 Å². The summed E-state index contributed by atoms with van der Waals surface area (Å²) in [5.41, 5.74) is 2.49. The molecule has 0 fully saturated rings. The second-order valence-corrected chi connectivity index (χ2v) is 6.26. The van der Waals surface area contributed by atoms with Crippen molar-refractivity contribution >= 4 is 15.9 Å². The van der Waals surface area contributed by atoms with Crippen molar-refractivity contribution in [3.8, 4) is 5.75 Å². The zero-order chi connectivity index (χ0) is 14.7. The first-order valence-electron chi connectivity index (χ1n) is 7.53. The van der Waals surface area contributed by atoms with Crippen molar-refractivity contribution in [1.82, 2.24) is 5.32 Å². The third-order valence-corrected chi connectivity index (χ3v) is 4.63. The maximum atomic E-state index is 6.24. The van der Waals surface area contributed by atoms with E-state index in [-0.39, 0.29) is 6.10 Å². The molecule has 2 atom stereocenters. The normalized spacial score (nSPS) is 20.7. The lowest BCUT2D eigenvalue weighted by molar-refractivity contribution is 0.151. The molecule has 0 aromatic heterocycles. The van der Waals surface area contributed by atoms with Crippen LogP contribution in [0.5, 0.6) is 5.75 Å². The van der Waals surface area contributed by atoms with E-state index in [9.17, 15) is 0 Å². The van der Waals surface area contributed by atoms with Crippen molar-refractivity contribution in [1.29, 1.82) is 0 Å². The zero-order valence-electron chi connectivity index (χ0n) is 12.2. The number of hydrogen-bond acceptors (Lipinski definition) is 2. The summed E-state index contributed by atoms with van der Waals surface area (Å²) in [5.74, 6) is 0.998. The number of hydrogen-bond donors (Lipinski definition) is 1. The molecule has 2 unspecified atom stereocenters. The van der Waals surface area contributed by atoms with Gasteiger partial charge in [0.1, 0.15) is 11.9 Å². The zero-order valence-corrected chi connectivity index (χ0v) is 13.8. The summed E-state index contributed by atoms with van der Waals surface area (Å²) < 4.78 is 7.35. The third-order valence-electron chi connectivity index (χ3n) is 3.91. The lowest BCUT2D eigenvalue weighted by atomic mass is 9.93. The SMILES string of the molecule is CCCNC1CC(c2ccccc2Br)Oc2ccccc21. The van der Waals surface area contributed by atoms with Gasteiger partial charge in [-0.15, -0.1) is 0 Å². The Morgan fingerprint density at radius 3 is 2.57 bits per heavy atom. The fourth-order valence-corrected chi connectivity index (χ4v) is 3.40. The van der Waals surface area contributed by atoms with Gasteiger partial charge in [0.25, 0.3) is 0 Å². The highest BCUT2D eigenvalue weighted by molar-refractivity contribution is 9.10. The molecule has 0 radical (unpaired) electrons. The standard InChI is InChI=1S/C18H20BrNO/c1-2-11-20-16-12-18(13-7-3-5-9-15(13)19)21-17-10-6-4-8-14(16)17/h3-10,16,18,20H,2,11-12H2,1H3. The van der Waals surface area contributed by atoms with Crippen LogP contribution in [-0.2, 0) is 0 Å². The second kappa shape index (κ2) is 6.63. The van der Waals surface area contributed by atoms with Crippen molar-refractivity contribution in [2.45, 2.75) is 31.9 Å². The Morgan fingerprint density at radius 1 is 1.10 bits per heavy atom. The molecule has 0 aliphatic carbocycles. The van der Waals surface area contributed by atoms with Crippen LogP contribution in [0.1, 0.15) is 43.0 Å². The van der Waals surface area contributed by atoms with Gasteiger partial charge in [0.05, 0.1) is 0 Å². The number of nitrogens with one attached hydrogen (secondary N) is 1. The number of rotatable bonds is 4. The Labute approximate surface area is 134 Å². The maximum absolute atomic E-state index is 6.24. The molecule has 1 heterocycles. The topological polar surface area (TPSA) is 21.3 Å². The molecular formula is C18H20BrNO. The Kier molecular flexibility index (Phi) is 4.61. The third kappa shape index (κ3) is 3.14. The van der Waals surface area contributed by atoms with Gasteiger partial charge in [-0.2, -0.15) is 0 Å². The van der Waals surface area contributed by atoms with Crippen LogP contribution >= 0.6 is 15.9 Å². The quantitative estimate of drug-likeness (QED) is 0.840. The largest absolute Gasteiger partial charge is 0.485 e. The Hall–Kier alpha value is -1.32. The summed E-state index contributed by atoms with van der Waals surface area (Å²) in [6.45, 7) is 3.23. The second-order valence-electron chi connectivity index (χ2n) is 5.41. The van der Waals surface area contributed by atoms with Crippen LogP contribution in [0.2, 0.25) is 0 Å². The summed E-state index contributed by atoms with van der Waals surface area (Å²) in [5, 5.41) is 3.65. The van der Waals surface area contributed by atoms with Gasteiger partial charge < -0.3 is 10.1 Å². The Morgan fingerprint density at radius 2 is 1.81 bits per heavy atom. The van der Waals surface area contributed by atoms with Gasteiger partial charge in [0.15, 0.2) is 0 Å². The smallest absolute Gasteiger partial charge is 0.127 e. The van der Waals surface area contributed by atoms with E-state index in [1.165, 1.54) is 11.1 Å². The van der Waals surface area contributed by atoms with Crippen LogP contribution in [0.3, 0.4) is 0 Å². The van der Waals surface area contributed by atoms with Crippen LogP contribution in [0.25, 0.3) is 0 Å². The van der Waals surface area contributed by atoms with Crippen molar-refractivity contribution in [3.05, 3.63) is 64.1 Å². The predicted molar refractivity (Wildman–Crippen MR) is 89.6 cm³/mol. The number of halogens is 1. The first kappa shape index (κ1) is 14.6. The Bertz CT molecular complexity index is 614. The van der Waals surface area contributed by atoms with Crippen LogP contribution in [0.15, 0.2) is 53.0 Å². The minimum Gasteiger partial charge on any atom is -0.485 e. The van der Waals surface area contributed by atoms with Crippen molar-refractivity contribution < 1.29 is 4.74 Å². The average molecular weight is 346 g/mol. The molecule has 1 N–H and O–H groups in total. The summed E-state index contributed by atoms with van der Waals surface area (Å²) in [6.07, 6.45) is 2.18. The molecule has 3 rings (SSSR count). The highest BCUT2D eigenvalue weighted by Crippen LogP contribution is 2.42. The highest BCUT2D eigenvalue weighted by Gasteiger charge is 2.29. The average Bonchev–Trinajstić information content (AvgIpc) is 2.53. The van der Waals surface area contributed by atoms with Crippen LogP contribution < -0.4 is 10.1 Å². The van der Waals surface area contributed by atoms with Gasteiger partial charge in [-0.3, -0.25) is 0 Å². The van der Waals surface area contributed by atoms with Crippen LogP contribution in [0.4, 0.5) is 0 Å². The van der Waals surface area contributed by atoms with E-state index < -0.39 is 0 Å². The monoisotopic (exact) mass is 345 g/mol. The molecule has 21 heavy (non-hydrogen) atoms. The molecule has 0 bridgehead atoms. The van der Waals surface area contributed by atoms with Gasteiger partial charge in [-0.05, 0) is 25.1 Å². The molecule has 2 aromatic carbocycles. The fraction of sp³-hybridized carbons (Fsp3) is 0.333. The van der Waals surface area contributed by atoms with E-state index in [4.69, 9.17) is 4.74 Å². The van der Waals surface area contributed by atoms with Gasteiger partial charge in [-0.1, -0.05) is 59.3 Å². The molecular weight excluding hydrogens is 326 g/mol. The van der Waals surface area contributed by atoms with E-state index in [0.717, 1.165) is 29.6 Å². The Balaban J connectivity index is 1.91. The van der Waals surface area contributed by atoms with Crippen LogP contribution in [-0.4, -0.2) is 6.54 Å². The summed E-state index contributed by atoms with van der Waals surface area (Å²) >= 11 is 3.64. The number of ether oxygens (including phenoxy) is 1.